The number of hydrogen-bond donors (Lipinski definition) is 2. The molecule has 17 heavy (non-hydrogen) atoms. The van der Waals surface area contributed by atoms with Crippen LogP contribution in [0, 0.1) is 5.41 Å². The summed E-state index contributed by atoms with van der Waals surface area (Å²) in [5, 5.41) is 8.83. The number of rotatable bonds is 5. The lowest BCUT2D eigenvalue weighted by atomic mass is 10.0. The van der Waals surface area contributed by atoms with E-state index >= 15 is 0 Å². The smallest absolute Gasteiger partial charge is 0.271 e. The van der Waals surface area contributed by atoms with E-state index in [9.17, 15) is 9.59 Å². The van der Waals surface area contributed by atoms with Crippen molar-refractivity contribution in [2.75, 3.05) is 6.54 Å². The minimum Gasteiger partial charge on any atom is -0.350 e. The molecule has 5 heteroatoms. The second-order valence-electron chi connectivity index (χ2n) is 4.74. The van der Waals surface area contributed by atoms with Crippen LogP contribution < -0.4 is 10.9 Å². The van der Waals surface area contributed by atoms with E-state index in [1.54, 1.807) is 0 Å². The zero-order valence-corrected chi connectivity index (χ0v) is 9.95. The van der Waals surface area contributed by atoms with Gasteiger partial charge in [0, 0.05) is 12.6 Å². The van der Waals surface area contributed by atoms with E-state index in [4.69, 9.17) is 0 Å². The van der Waals surface area contributed by atoms with Crippen molar-refractivity contribution < 1.29 is 4.79 Å². The number of carbonyl (C=O) groups excluding carboxylic acids is 1. The fourth-order valence-electron chi connectivity index (χ4n) is 2.05. The average Bonchev–Trinajstić information content (AvgIpc) is 3.08. The topological polar surface area (TPSA) is 74.8 Å². The number of aromatic amines is 1. The van der Waals surface area contributed by atoms with Gasteiger partial charge < -0.3 is 5.32 Å². The van der Waals surface area contributed by atoms with E-state index in [2.05, 4.69) is 22.4 Å². The first-order valence-corrected chi connectivity index (χ1v) is 5.99. The number of H-pyrrole nitrogens is 1. The lowest BCUT2D eigenvalue weighted by molar-refractivity contribution is 0.0937. The minimum atomic E-state index is -0.300. The summed E-state index contributed by atoms with van der Waals surface area (Å²) in [5.74, 6) is -0.219. The first-order valence-electron chi connectivity index (χ1n) is 5.99. The van der Waals surface area contributed by atoms with Gasteiger partial charge in [-0.15, -0.1) is 0 Å². The van der Waals surface area contributed by atoms with Gasteiger partial charge >= 0.3 is 0 Å². The quantitative estimate of drug-likeness (QED) is 0.802. The summed E-state index contributed by atoms with van der Waals surface area (Å²) < 4.78 is 0. The Morgan fingerprint density at radius 2 is 2.29 bits per heavy atom. The molecule has 0 radical (unpaired) electrons. The summed E-state index contributed by atoms with van der Waals surface area (Å²) in [6, 6.07) is 2.74. The highest BCUT2D eigenvalue weighted by Crippen LogP contribution is 2.48. The highest BCUT2D eigenvalue weighted by Gasteiger charge is 2.41. The van der Waals surface area contributed by atoms with Crippen molar-refractivity contribution in [3.63, 3.8) is 0 Å². The van der Waals surface area contributed by atoms with Crippen LogP contribution in [-0.2, 0) is 0 Å². The Balaban J connectivity index is 1.89. The van der Waals surface area contributed by atoms with Crippen LogP contribution in [0.2, 0.25) is 0 Å². The third kappa shape index (κ3) is 2.93. The van der Waals surface area contributed by atoms with Crippen LogP contribution >= 0.6 is 0 Å². The lowest BCUT2D eigenvalue weighted by Crippen LogP contribution is -2.31. The summed E-state index contributed by atoms with van der Waals surface area (Å²) in [6.45, 7) is 2.87. The summed E-state index contributed by atoms with van der Waals surface area (Å²) in [5.41, 5.74) is 0.287. The Morgan fingerprint density at radius 3 is 2.82 bits per heavy atom. The van der Waals surface area contributed by atoms with E-state index in [0.717, 1.165) is 12.8 Å². The third-order valence-corrected chi connectivity index (χ3v) is 3.27. The van der Waals surface area contributed by atoms with Gasteiger partial charge in [-0.1, -0.05) is 13.3 Å². The van der Waals surface area contributed by atoms with Gasteiger partial charge in [0.05, 0.1) is 0 Å². The number of nitrogens with one attached hydrogen (secondary N) is 2. The van der Waals surface area contributed by atoms with Crippen LogP contribution in [0.25, 0.3) is 0 Å². The molecule has 0 atom stereocenters. The van der Waals surface area contributed by atoms with Crippen molar-refractivity contribution in [3.05, 3.63) is 28.2 Å². The van der Waals surface area contributed by atoms with Gasteiger partial charge in [-0.05, 0) is 30.7 Å². The molecular weight excluding hydrogens is 218 g/mol. The Kier molecular flexibility index (Phi) is 3.26. The molecule has 0 spiro atoms. The molecule has 0 aliphatic heterocycles. The lowest BCUT2D eigenvalue weighted by Gasteiger charge is -2.14. The zero-order valence-electron chi connectivity index (χ0n) is 9.95. The van der Waals surface area contributed by atoms with Crippen LogP contribution in [0.3, 0.4) is 0 Å². The van der Waals surface area contributed by atoms with E-state index in [-0.39, 0.29) is 17.2 Å². The van der Waals surface area contributed by atoms with Crippen LogP contribution in [0.5, 0.6) is 0 Å². The maximum Gasteiger partial charge on any atom is 0.271 e. The maximum absolute atomic E-state index is 11.7. The number of carbonyl (C=O) groups is 1. The van der Waals surface area contributed by atoms with E-state index in [1.807, 2.05) is 0 Å². The molecule has 1 fully saturated rings. The molecule has 1 aromatic heterocycles. The minimum absolute atomic E-state index is 0.219. The first-order chi connectivity index (χ1) is 8.15. The summed E-state index contributed by atoms with van der Waals surface area (Å²) in [6.07, 6.45) is 4.69. The van der Waals surface area contributed by atoms with Crippen molar-refractivity contribution in [3.8, 4) is 0 Å². The van der Waals surface area contributed by atoms with E-state index in [1.165, 1.54) is 25.0 Å². The molecule has 1 aromatic rings. The van der Waals surface area contributed by atoms with Crippen molar-refractivity contribution in [1.29, 1.82) is 0 Å². The number of hydrogen-bond acceptors (Lipinski definition) is 3. The predicted octanol–water partition coefficient (Wildman–Crippen LogP) is 1.08. The summed E-state index contributed by atoms with van der Waals surface area (Å²) in [7, 11) is 0. The van der Waals surface area contributed by atoms with E-state index < -0.39 is 0 Å². The molecule has 2 N–H and O–H groups in total. The van der Waals surface area contributed by atoms with Gasteiger partial charge in [0.2, 0.25) is 0 Å². The monoisotopic (exact) mass is 235 g/mol. The Bertz CT molecular complexity index is 443. The van der Waals surface area contributed by atoms with Crippen LogP contribution in [0.4, 0.5) is 0 Å². The molecular formula is C12H17N3O2. The largest absolute Gasteiger partial charge is 0.350 e. The first kappa shape index (κ1) is 11.8. The number of amides is 1. The van der Waals surface area contributed by atoms with Crippen LogP contribution in [0.1, 0.15) is 43.1 Å². The van der Waals surface area contributed by atoms with Gasteiger partial charge in [-0.2, -0.15) is 5.10 Å². The second kappa shape index (κ2) is 4.69. The van der Waals surface area contributed by atoms with Gasteiger partial charge in [0.15, 0.2) is 0 Å². The Labute approximate surface area is 99.6 Å². The number of aromatic nitrogens is 2. The van der Waals surface area contributed by atoms with Gasteiger partial charge in [-0.25, -0.2) is 5.10 Å². The van der Waals surface area contributed by atoms with Crippen molar-refractivity contribution in [2.45, 2.75) is 32.6 Å². The Hall–Kier alpha value is -1.65. The molecule has 92 valence electrons. The van der Waals surface area contributed by atoms with Gasteiger partial charge in [0.1, 0.15) is 5.69 Å². The summed E-state index contributed by atoms with van der Waals surface area (Å²) in [4.78, 5) is 22.5. The average molecular weight is 235 g/mol. The molecule has 0 bridgehead atoms. The van der Waals surface area contributed by atoms with Gasteiger partial charge in [0.25, 0.3) is 11.5 Å². The molecule has 1 heterocycles. The highest BCUT2D eigenvalue weighted by molar-refractivity contribution is 5.92. The van der Waals surface area contributed by atoms with Crippen LogP contribution in [-0.4, -0.2) is 22.6 Å². The fourth-order valence-corrected chi connectivity index (χ4v) is 2.05. The second-order valence-corrected chi connectivity index (χ2v) is 4.74. The molecule has 0 unspecified atom stereocenters. The molecule has 0 saturated heterocycles. The third-order valence-electron chi connectivity index (χ3n) is 3.27. The standard InChI is InChI=1S/C12H17N3O2/c1-2-5-12(6-7-12)8-13-11(17)9-3-4-10(16)15-14-9/h3-4H,2,5-8H2,1H3,(H,13,17)(H,15,16). The highest BCUT2D eigenvalue weighted by atomic mass is 16.2. The fraction of sp³-hybridized carbons (Fsp3) is 0.583. The molecule has 0 aromatic carbocycles. The van der Waals surface area contributed by atoms with Crippen molar-refractivity contribution in [1.82, 2.24) is 15.5 Å². The van der Waals surface area contributed by atoms with Crippen molar-refractivity contribution >= 4 is 5.91 Å². The molecule has 1 saturated carbocycles. The predicted molar refractivity (Wildman–Crippen MR) is 63.8 cm³/mol. The molecule has 5 nitrogen and oxygen atoms in total. The number of nitrogens with zero attached hydrogens (tertiary/aromatic N) is 1. The van der Waals surface area contributed by atoms with E-state index in [0.29, 0.717) is 12.0 Å². The SMILES string of the molecule is CCCC1(CNC(=O)c2ccc(=O)[nH]n2)CC1. The molecule has 1 amide bonds. The summed E-state index contributed by atoms with van der Waals surface area (Å²) >= 11 is 0. The maximum atomic E-state index is 11.7. The molecule has 2 rings (SSSR count). The zero-order chi connectivity index (χ0) is 12.3. The van der Waals surface area contributed by atoms with Crippen LogP contribution in [0.15, 0.2) is 16.9 Å². The van der Waals surface area contributed by atoms with Crippen molar-refractivity contribution in [2.24, 2.45) is 5.41 Å². The molecule has 1 aliphatic carbocycles. The normalized spacial score (nSPS) is 16.5. The Morgan fingerprint density at radius 1 is 1.53 bits per heavy atom. The molecule has 1 aliphatic rings. The van der Waals surface area contributed by atoms with Gasteiger partial charge in [-0.3, -0.25) is 9.59 Å².